The van der Waals surface area contributed by atoms with Gasteiger partial charge in [-0.2, -0.15) is 0 Å². The fourth-order valence-electron chi connectivity index (χ4n) is 2.17. The average Bonchev–Trinajstić information content (AvgIpc) is 2.97. The number of carbonyl (C=O) groups excluding carboxylic acids is 1. The highest BCUT2D eigenvalue weighted by atomic mass is 35.5. The van der Waals surface area contributed by atoms with Gasteiger partial charge >= 0.3 is 0 Å². The van der Waals surface area contributed by atoms with Crippen LogP contribution in [0.4, 0.5) is 10.1 Å². The van der Waals surface area contributed by atoms with Crippen molar-refractivity contribution in [3.8, 4) is 0 Å². The third kappa shape index (κ3) is 3.83. The summed E-state index contributed by atoms with van der Waals surface area (Å²) < 4.78 is 13.7. The molecule has 0 unspecified atom stereocenters. The molecule has 0 atom stereocenters. The third-order valence-corrected chi connectivity index (χ3v) is 6.38. The van der Waals surface area contributed by atoms with Crippen molar-refractivity contribution in [2.75, 3.05) is 28.8 Å². The first-order chi connectivity index (χ1) is 9.65. The van der Waals surface area contributed by atoms with Gasteiger partial charge in [-0.1, -0.05) is 6.92 Å². The van der Waals surface area contributed by atoms with Crippen molar-refractivity contribution in [3.63, 3.8) is 0 Å². The molecule has 0 saturated carbocycles. The van der Waals surface area contributed by atoms with Gasteiger partial charge < -0.3 is 4.90 Å². The van der Waals surface area contributed by atoms with Gasteiger partial charge in [0.25, 0.3) is 0 Å². The Morgan fingerprint density at radius 3 is 2.75 bits per heavy atom. The largest absolute Gasteiger partial charge is 0.309 e. The van der Waals surface area contributed by atoms with Gasteiger partial charge in [-0.15, -0.1) is 35.1 Å². The predicted octanol–water partition coefficient (Wildman–Crippen LogP) is 3.77. The molecule has 0 N–H and O–H groups in total. The molecule has 0 radical (unpaired) electrons. The zero-order valence-electron chi connectivity index (χ0n) is 11.3. The van der Waals surface area contributed by atoms with E-state index in [9.17, 15) is 9.18 Å². The number of hydrogen-bond donors (Lipinski definition) is 0. The number of anilines is 1. The van der Waals surface area contributed by atoms with Crippen molar-refractivity contribution in [2.24, 2.45) is 0 Å². The van der Waals surface area contributed by atoms with E-state index in [0.29, 0.717) is 17.5 Å². The highest BCUT2D eigenvalue weighted by Gasteiger charge is 2.25. The Labute approximate surface area is 132 Å². The van der Waals surface area contributed by atoms with Gasteiger partial charge in [0, 0.05) is 23.7 Å². The second-order valence-electron chi connectivity index (χ2n) is 4.44. The standard InChI is InChI=1S/C14H17ClFNOS2/c1-2-10-7-11(16)3-4-12(10)17(13(18)8-15)9-14-19-5-6-20-14/h3-4,7,14H,2,5-6,8-9H2,1H3. The number of rotatable bonds is 5. The van der Waals surface area contributed by atoms with Crippen molar-refractivity contribution < 1.29 is 9.18 Å². The minimum Gasteiger partial charge on any atom is -0.309 e. The molecule has 6 heteroatoms. The van der Waals surface area contributed by atoms with Crippen LogP contribution in [0, 0.1) is 5.82 Å². The highest BCUT2D eigenvalue weighted by molar-refractivity contribution is 8.20. The Morgan fingerprint density at radius 2 is 2.15 bits per heavy atom. The van der Waals surface area contributed by atoms with Gasteiger partial charge in [-0.25, -0.2) is 4.39 Å². The number of carbonyl (C=O) groups is 1. The fourth-order valence-corrected chi connectivity index (χ4v) is 5.08. The van der Waals surface area contributed by atoms with Crippen LogP contribution in [-0.4, -0.2) is 34.4 Å². The molecule has 20 heavy (non-hydrogen) atoms. The van der Waals surface area contributed by atoms with E-state index in [1.807, 2.05) is 30.4 Å². The Morgan fingerprint density at radius 1 is 1.45 bits per heavy atom. The van der Waals surface area contributed by atoms with Crippen LogP contribution in [0.5, 0.6) is 0 Å². The summed E-state index contributed by atoms with van der Waals surface area (Å²) in [5.74, 6) is 1.78. The molecule has 1 saturated heterocycles. The van der Waals surface area contributed by atoms with Gasteiger partial charge in [-0.3, -0.25) is 4.79 Å². The minimum absolute atomic E-state index is 0.0530. The summed E-state index contributed by atoms with van der Waals surface area (Å²) in [6, 6.07) is 4.58. The summed E-state index contributed by atoms with van der Waals surface area (Å²) in [5, 5.41) is 0. The molecular formula is C14H17ClFNOS2. The molecule has 1 aromatic rings. The van der Waals surface area contributed by atoms with Gasteiger partial charge in [0.15, 0.2) is 0 Å². The van der Waals surface area contributed by atoms with E-state index in [1.54, 1.807) is 11.0 Å². The summed E-state index contributed by atoms with van der Waals surface area (Å²) >= 11 is 9.45. The molecule has 1 amide bonds. The quantitative estimate of drug-likeness (QED) is 0.765. The molecule has 1 heterocycles. The summed E-state index contributed by atoms with van der Waals surface area (Å²) in [6.07, 6.45) is 0.685. The van der Waals surface area contributed by atoms with E-state index < -0.39 is 0 Å². The molecule has 2 rings (SSSR count). The van der Waals surface area contributed by atoms with Gasteiger partial charge in [0.1, 0.15) is 11.7 Å². The van der Waals surface area contributed by atoms with Crippen molar-refractivity contribution in [1.29, 1.82) is 0 Å². The van der Waals surface area contributed by atoms with Crippen molar-refractivity contribution in [2.45, 2.75) is 17.9 Å². The molecule has 1 fully saturated rings. The first-order valence-electron chi connectivity index (χ1n) is 6.53. The maximum Gasteiger partial charge on any atom is 0.241 e. The van der Waals surface area contributed by atoms with Gasteiger partial charge in [0.2, 0.25) is 5.91 Å². The van der Waals surface area contributed by atoms with E-state index in [-0.39, 0.29) is 17.6 Å². The number of thioether (sulfide) groups is 2. The normalized spacial score (nSPS) is 15.6. The molecule has 1 aromatic carbocycles. The van der Waals surface area contributed by atoms with Crippen LogP contribution in [0.1, 0.15) is 12.5 Å². The first kappa shape index (κ1) is 16.0. The summed E-state index contributed by atoms with van der Waals surface area (Å²) in [5.41, 5.74) is 1.63. The van der Waals surface area contributed by atoms with Crippen LogP contribution in [0.25, 0.3) is 0 Å². The molecule has 110 valence electrons. The molecule has 0 bridgehead atoms. The van der Waals surface area contributed by atoms with Crippen LogP contribution >= 0.6 is 35.1 Å². The van der Waals surface area contributed by atoms with Crippen LogP contribution in [-0.2, 0) is 11.2 Å². The number of hydrogen-bond acceptors (Lipinski definition) is 3. The number of halogens is 2. The summed E-state index contributed by atoms with van der Waals surface area (Å²) in [7, 11) is 0. The highest BCUT2D eigenvalue weighted by Crippen LogP contribution is 2.34. The number of amides is 1. The average molecular weight is 334 g/mol. The maximum absolute atomic E-state index is 13.3. The first-order valence-corrected chi connectivity index (χ1v) is 9.17. The number of nitrogens with zero attached hydrogens (tertiary/aromatic N) is 1. The van der Waals surface area contributed by atoms with Gasteiger partial charge in [-0.05, 0) is 30.2 Å². The Bertz CT molecular complexity index is 480. The van der Waals surface area contributed by atoms with Crippen LogP contribution in [0.3, 0.4) is 0 Å². The summed E-state index contributed by atoms with van der Waals surface area (Å²) in [4.78, 5) is 13.8. The van der Waals surface area contributed by atoms with Crippen LogP contribution in [0.15, 0.2) is 18.2 Å². The van der Waals surface area contributed by atoms with Crippen molar-refractivity contribution in [1.82, 2.24) is 0 Å². The fraction of sp³-hybridized carbons (Fsp3) is 0.500. The Balaban J connectivity index is 2.27. The zero-order valence-corrected chi connectivity index (χ0v) is 13.7. The third-order valence-electron chi connectivity index (χ3n) is 3.15. The lowest BCUT2D eigenvalue weighted by Crippen LogP contribution is -2.36. The lowest BCUT2D eigenvalue weighted by molar-refractivity contribution is -0.116. The van der Waals surface area contributed by atoms with E-state index in [1.165, 1.54) is 12.1 Å². The van der Waals surface area contributed by atoms with Crippen molar-refractivity contribution >= 4 is 46.7 Å². The number of aryl methyl sites for hydroxylation is 1. The van der Waals surface area contributed by atoms with E-state index in [0.717, 1.165) is 22.8 Å². The van der Waals surface area contributed by atoms with E-state index >= 15 is 0 Å². The van der Waals surface area contributed by atoms with Crippen LogP contribution in [0.2, 0.25) is 0 Å². The van der Waals surface area contributed by atoms with Crippen LogP contribution < -0.4 is 4.90 Å². The summed E-state index contributed by atoms with van der Waals surface area (Å²) in [6.45, 7) is 2.58. The molecule has 0 aliphatic carbocycles. The molecule has 1 aliphatic heterocycles. The molecule has 0 aromatic heterocycles. The predicted molar refractivity (Wildman–Crippen MR) is 87.6 cm³/mol. The van der Waals surface area contributed by atoms with Crippen molar-refractivity contribution in [3.05, 3.63) is 29.6 Å². The topological polar surface area (TPSA) is 20.3 Å². The second-order valence-corrected chi connectivity index (χ2v) is 7.62. The van der Waals surface area contributed by atoms with E-state index in [4.69, 9.17) is 11.6 Å². The molecule has 2 nitrogen and oxygen atoms in total. The van der Waals surface area contributed by atoms with E-state index in [2.05, 4.69) is 0 Å². The smallest absolute Gasteiger partial charge is 0.241 e. The lowest BCUT2D eigenvalue weighted by Gasteiger charge is -2.26. The number of alkyl halides is 1. The Kier molecular flexibility index (Phi) is 6.05. The molecule has 0 spiro atoms. The molecular weight excluding hydrogens is 317 g/mol. The minimum atomic E-state index is -0.270. The molecule has 1 aliphatic rings. The second kappa shape index (κ2) is 7.57. The number of benzene rings is 1. The lowest BCUT2D eigenvalue weighted by atomic mass is 10.1. The Hall–Kier alpha value is -0.390. The zero-order chi connectivity index (χ0) is 14.5. The maximum atomic E-state index is 13.3. The van der Waals surface area contributed by atoms with Gasteiger partial charge in [0.05, 0.1) is 4.58 Å². The monoisotopic (exact) mass is 333 g/mol. The SMILES string of the molecule is CCc1cc(F)ccc1N(CC1SCCS1)C(=O)CCl.